The van der Waals surface area contributed by atoms with E-state index in [9.17, 15) is 19.2 Å². The van der Waals surface area contributed by atoms with E-state index >= 15 is 0 Å². The first-order valence-electron chi connectivity index (χ1n) is 19.7. The summed E-state index contributed by atoms with van der Waals surface area (Å²) in [6, 6.07) is 0. The predicted octanol–water partition coefficient (Wildman–Crippen LogP) is -1.04. The van der Waals surface area contributed by atoms with Crippen LogP contribution in [-0.4, -0.2) is 128 Å². The number of imidazole rings is 4. The van der Waals surface area contributed by atoms with Crippen molar-refractivity contribution in [2.45, 2.75) is 67.5 Å². The van der Waals surface area contributed by atoms with E-state index in [0.29, 0.717) is 66.4 Å². The minimum Gasteiger partial charge on any atom is -0.394 e. The molecule has 0 bridgehead atoms. The molecule has 10 N–H and O–H groups in total. The standard InChI is InChI=1S/C10H14N4O2.C9H13N5O2.C9H12N4O3.C8H11N5O3/c1-3-4-16-6-14-5-11-8-9(14)12-7(2)13-10(8)15;1-2-3-16-5-14-4-11-6-7(14)12-9(10)13-8(6)15;1-6-11-8-7(9(15)12-6)10-4-13(8)5-16-3-2-14;9-8-11-6-5(7(15)12-8)10-3-13(6)4-16-2-1-14/h5H,3-4,6H2,1-2H3,(H,12,13,15);4H,2-3,5H2,1H3,(H3,10,12,13,15);4,14H,2-3,5H2,1H3,(H,11,12,15);3,14H,1-2,4H2,(H3,9,11,12,15). The van der Waals surface area contributed by atoms with Gasteiger partial charge in [-0.15, -0.1) is 0 Å². The number of rotatable bonds is 16. The van der Waals surface area contributed by atoms with Crippen LogP contribution in [0, 0.1) is 13.8 Å². The molecule has 0 amide bonds. The van der Waals surface area contributed by atoms with Gasteiger partial charge in [0.05, 0.1) is 51.7 Å². The van der Waals surface area contributed by atoms with Crippen LogP contribution >= 0.6 is 0 Å². The molecule has 28 heteroatoms. The second-order valence-electron chi connectivity index (χ2n) is 13.3. The molecular formula is C36H50N18O10. The Morgan fingerprint density at radius 1 is 0.484 bits per heavy atom. The van der Waals surface area contributed by atoms with Gasteiger partial charge in [-0.3, -0.25) is 47.4 Å². The summed E-state index contributed by atoms with van der Waals surface area (Å²) in [5.74, 6) is 1.22. The highest BCUT2D eigenvalue weighted by atomic mass is 16.5. The van der Waals surface area contributed by atoms with E-state index in [1.54, 1.807) is 33.9 Å². The fourth-order valence-corrected chi connectivity index (χ4v) is 5.52. The van der Waals surface area contributed by atoms with E-state index < -0.39 is 0 Å². The molecule has 28 nitrogen and oxygen atoms in total. The van der Waals surface area contributed by atoms with Crippen LogP contribution in [0.2, 0.25) is 0 Å². The van der Waals surface area contributed by atoms with Crippen molar-refractivity contribution in [3.05, 3.63) is 78.4 Å². The van der Waals surface area contributed by atoms with Crippen molar-refractivity contribution in [2.75, 3.05) is 51.1 Å². The summed E-state index contributed by atoms with van der Waals surface area (Å²) in [5.41, 5.74) is 12.7. The van der Waals surface area contributed by atoms with Crippen LogP contribution in [-0.2, 0) is 45.9 Å². The van der Waals surface area contributed by atoms with Crippen LogP contribution in [0.5, 0.6) is 0 Å². The Hall–Kier alpha value is -7.24. The van der Waals surface area contributed by atoms with Crippen molar-refractivity contribution in [3.63, 3.8) is 0 Å². The van der Waals surface area contributed by atoms with Crippen LogP contribution in [0.3, 0.4) is 0 Å². The topological polar surface area (TPSA) is 384 Å². The number of ether oxygens (including phenoxy) is 4. The second kappa shape index (κ2) is 23.3. The largest absolute Gasteiger partial charge is 0.394 e. The third kappa shape index (κ3) is 12.4. The average molecular weight is 895 g/mol. The number of nitrogens with zero attached hydrogens (tertiary/aromatic N) is 12. The number of hydrogen-bond donors (Lipinski definition) is 8. The zero-order valence-corrected chi connectivity index (χ0v) is 35.5. The molecule has 344 valence electrons. The Kier molecular flexibility index (Phi) is 17.4. The van der Waals surface area contributed by atoms with Gasteiger partial charge in [-0.25, -0.2) is 29.9 Å². The molecule has 0 fully saturated rings. The van der Waals surface area contributed by atoms with Gasteiger partial charge in [-0.2, -0.15) is 9.97 Å². The molecule has 8 rings (SSSR count). The number of aliphatic hydroxyl groups is 2. The number of hydrogen-bond acceptors (Lipinski definition) is 20. The van der Waals surface area contributed by atoms with Gasteiger partial charge in [0.2, 0.25) is 11.9 Å². The molecule has 0 aliphatic heterocycles. The van der Waals surface area contributed by atoms with E-state index in [-0.39, 0.29) is 90.6 Å². The third-order valence-electron chi connectivity index (χ3n) is 8.26. The van der Waals surface area contributed by atoms with Crippen LogP contribution in [0.1, 0.15) is 38.3 Å². The SMILES string of the molecule is CCCOCn1cnc2c(=O)[nH]c(C)nc21.CCCOCn1cnc2c(=O)[nH]c(N)nc21.Cc1nc2c(ncn2COCCO)c(=O)[nH]1.Nc1nc2c(ncn2COCCO)c(=O)[nH]1. The molecule has 64 heavy (non-hydrogen) atoms. The number of nitrogens with one attached hydrogen (secondary N) is 4. The summed E-state index contributed by atoms with van der Waals surface area (Å²) in [6.45, 7) is 10.2. The maximum atomic E-state index is 11.5. The smallest absolute Gasteiger partial charge is 0.280 e. The number of aliphatic hydroxyl groups excluding tert-OH is 2. The summed E-state index contributed by atoms with van der Waals surface area (Å²) < 4.78 is 27.5. The van der Waals surface area contributed by atoms with Gasteiger partial charge in [0.15, 0.2) is 44.7 Å². The zero-order chi connectivity index (χ0) is 46.2. The maximum absolute atomic E-state index is 11.5. The molecule has 8 aromatic rings. The number of aryl methyl sites for hydroxylation is 2. The van der Waals surface area contributed by atoms with Gasteiger partial charge in [0.1, 0.15) is 38.6 Å². The monoisotopic (exact) mass is 894 g/mol. The predicted molar refractivity (Wildman–Crippen MR) is 229 cm³/mol. The van der Waals surface area contributed by atoms with Crippen molar-refractivity contribution in [1.82, 2.24) is 78.1 Å². The zero-order valence-electron chi connectivity index (χ0n) is 35.5. The Bertz CT molecular complexity index is 2580. The quantitative estimate of drug-likeness (QED) is 0.0537. The van der Waals surface area contributed by atoms with Gasteiger partial charge >= 0.3 is 0 Å². The van der Waals surface area contributed by atoms with Crippen molar-refractivity contribution in [2.24, 2.45) is 0 Å². The normalized spacial score (nSPS) is 11.1. The summed E-state index contributed by atoms with van der Waals surface area (Å²) >= 11 is 0. The molecule has 0 saturated heterocycles. The number of anilines is 2. The third-order valence-corrected chi connectivity index (χ3v) is 8.26. The minimum atomic E-state index is -0.386. The fourth-order valence-electron chi connectivity index (χ4n) is 5.52. The lowest BCUT2D eigenvalue weighted by Gasteiger charge is -2.04. The summed E-state index contributed by atoms with van der Waals surface area (Å²) in [6.07, 6.45) is 7.90. The van der Waals surface area contributed by atoms with Crippen LogP contribution < -0.4 is 33.7 Å². The molecule has 8 aromatic heterocycles. The Labute approximate surface area is 360 Å². The Morgan fingerprint density at radius 2 is 0.766 bits per heavy atom. The van der Waals surface area contributed by atoms with Gasteiger partial charge < -0.3 is 50.6 Å². The molecular weight excluding hydrogens is 845 g/mol. The first-order valence-corrected chi connectivity index (χ1v) is 19.7. The molecule has 0 aliphatic rings. The first-order chi connectivity index (χ1) is 30.9. The van der Waals surface area contributed by atoms with E-state index in [0.717, 1.165) is 12.8 Å². The molecule has 0 unspecified atom stereocenters. The molecule has 0 atom stereocenters. The summed E-state index contributed by atoms with van der Waals surface area (Å²) in [7, 11) is 0. The fraction of sp³-hybridized carbons (Fsp3) is 0.444. The molecule has 0 aliphatic carbocycles. The van der Waals surface area contributed by atoms with Gasteiger partial charge in [-0.05, 0) is 26.7 Å². The Morgan fingerprint density at radius 3 is 1.06 bits per heavy atom. The highest BCUT2D eigenvalue weighted by molar-refractivity contribution is 5.71. The van der Waals surface area contributed by atoms with Crippen LogP contribution in [0.4, 0.5) is 11.9 Å². The number of nitrogen functional groups attached to an aromatic ring is 2. The van der Waals surface area contributed by atoms with E-state index in [1.807, 2.05) is 13.8 Å². The Balaban J connectivity index is 0.000000161. The molecule has 8 heterocycles. The minimum absolute atomic E-state index is 0.0291. The number of H-pyrrole nitrogens is 4. The van der Waals surface area contributed by atoms with Gasteiger partial charge in [0.25, 0.3) is 22.2 Å². The molecule has 0 radical (unpaired) electrons. The highest BCUT2D eigenvalue weighted by Gasteiger charge is 2.12. The maximum Gasteiger partial charge on any atom is 0.280 e. The number of aromatic amines is 4. The van der Waals surface area contributed by atoms with E-state index in [4.69, 9.17) is 40.6 Å². The van der Waals surface area contributed by atoms with Gasteiger partial charge in [0, 0.05) is 13.2 Å². The van der Waals surface area contributed by atoms with Crippen LogP contribution in [0.15, 0.2) is 44.5 Å². The van der Waals surface area contributed by atoms with Crippen molar-refractivity contribution in [1.29, 1.82) is 0 Å². The lowest BCUT2D eigenvalue weighted by Crippen LogP contribution is -2.13. The van der Waals surface area contributed by atoms with Crippen LogP contribution in [0.25, 0.3) is 44.7 Å². The average Bonchev–Trinajstić information content (AvgIpc) is 4.06. The number of aromatic nitrogens is 16. The highest BCUT2D eigenvalue weighted by Crippen LogP contribution is 2.09. The molecule has 0 spiro atoms. The lowest BCUT2D eigenvalue weighted by atomic mass is 10.5. The van der Waals surface area contributed by atoms with E-state index in [2.05, 4.69) is 59.8 Å². The lowest BCUT2D eigenvalue weighted by molar-refractivity contribution is 0.0499. The second-order valence-corrected chi connectivity index (χ2v) is 13.3. The summed E-state index contributed by atoms with van der Waals surface area (Å²) in [4.78, 5) is 88.0. The van der Waals surface area contributed by atoms with Crippen molar-refractivity contribution >= 4 is 56.6 Å². The van der Waals surface area contributed by atoms with Gasteiger partial charge in [-0.1, -0.05) is 13.8 Å². The van der Waals surface area contributed by atoms with Crippen molar-refractivity contribution in [3.8, 4) is 0 Å². The number of nitrogens with two attached hydrogens (primary N) is 2. The molecule has 0 aromatic carbocycles. The molecule has 0 saturated carbocycles. The van der Waals surface area contributed by atoms with E-state index in [1.165, 1.54) is 23.5 Å². The number of fused-ring (bicyclic) bond motifs is 4. The van der Waals surface area contributed by atoms with Crippen molar-refractivity contribution < 1.29 is 29.2 Å². The summed E-state index contributed by atoms with van der Waals surface area (Å²) in [5, 5.41) is 17.1. The first kappa shape index (κ1) is 47.8.